The second-order valence-electron chi connectivity index (χ2n) is 6.25. The Labute approximate surface area is 130 Å². The standard InChI is InChI=1S/C16H22N2O4/c1-16(2,3)22-15(20)17-11-9-14(19)18(10-11)12-5-7-13(21-4)8-6-12/h5-8,11H,9-10H2,1-4H3,(H,17,20). The monoisotopic (exact) mass is 306 g/mol. The Hall–Kier alpha value is -2.24. The van der Waals surface area contributed by atoms with Crippen molar-refractivity contribution in [3.63, 3.8) is 0 Å². The summed E-state index contributed by atoms with van der Waals surface area (Å²) in [6.07, 6.45) is -0.229. The van der Waals surface area contributed by atoms with Gasteiger partial charge in [0.25, 0.3) is 0 Å². The van der Waals surface area contributed by atoms with E-state index >= 15 is 0 Å². The minimum atomic E-state index is -0.553. The fourth-order valence-electron chi connectivity index (χ4n) is 2.29. The highest BCUT2D eigenvalue weighted by Gasteiger charge is 2.32. The third-order valence-corrected chi connectivity index (χ3v) is 3.23. The van der Waals surface area contributed by atoms with Crippen molar-refractivity contribution in [2.45, 2.75) is 38.8 Å². The number of amides is 2. The average Bonchev–Trinajstić information content (AvgIpc) is 2.77. The predicted octanol–water partition coefficient (Wildman–Crippen LogP) is 2.33. The van der Waals surface area contributed by atoms with Gasteiger partial charge in [0, 0.05) is 18.7 Å². The lowest BCUT2D eigenvalue weighted by Crippen LogP contribution is -2.40. The minimum absolute atomic E-state index is 0.0220. The average molecular weight is 306 g/mol. The van der Waals surface area contributed by atoms with E-state index in [9.17, 15) is 9.59 Å². The molecule has 6 heteroatoms. The molecule has 1 aromatic carbocycles. The van der Waals surface area contributed by atoms with Crippen molar-refractivity contribution < 1.29 is 19.1 Å². The molecule has 0 spiro atoms. The zero-order valence-corrected chi connectivity index (χ0v) is 13.4. The van der Waals surface area contributed by atoms with Crippen LogP contribution in [0, 0.1) is 0 Å². The van der Waals surface area contributed by atoms with Crippen molar-refractivity contribution in [2.75, 3.05) is 18.6 Å². The summed E-state index contributed by atoms with van der Waals surface area (Å²) in [5.74, 6) is 0.713. The molecule has 1 aliphatic heterocycles. The lowest BCUT2D eigenvalue weighted by molar-refractivity contribution is -0.117. The molecule has 1 fully saturated rings. The van der Waals surface area contributed by atoms with E-state index in [4.69, 9.17) is 9.47 Å². The zero-order valence-electron chi connectivity index (χ0n) is 13.4. The van der Waals surface area contributed by atoms with E-state index in [1.165, 1.54) is 0 Å². The van der Waals surface area contributed by atoms with Crippen LogP contribution in [0.1, 0.15) is 27.2 Å². The summed E-state index contributed by atoms with van der Waals surface area (Å²) in [6, 6.07) is 7.01. The van der Waals surface area contributed by atoms with E-state index in [0.29, 0.717) is 6.54 Å². The second kappa shape index (κ2) is 6.25. The highest BCUT2D eigenvalue weighted by molar-refractivity contribution is 5.96. The van der Waals surface area contributed by atoms with Crippen LogP contribution >= 0.6 is 0 Å². The maximum Gasteiger partial charge on any atom is 0.407 e. The van der Waals surface area contributed by atoms with Crippen LogP contribution in [0.2, 0.25) is 0 Å². The third-order valence-electron chi connectivity index (χ3n) is 3.23. The van der Waals surface area contributed by atoms with Gasteiger partial charge in [0.1, 0.15) is 11.4 Å². The molecule has 1 aliphatic rings. The molecule has 0 aromatic heterocycles. The molecule has 1 atom stereocenters. The molecule has 6 nitrogen and oxygen atoms in total. The van der Waals surface area contributed by atoms with Crippen LogP contribution < -0.4 is 15.0 Å². The Balaban J connectivity index is 1.97. The number of benzene rings is 1. The minimum Gasteiger partial charge on any atom is -0.497 e. The topological polar surface area (TPSA) is 67.9 Å². The van der Waals surface area contributed by atoms with Crippen LogP contribution in [-0.2, 0) is 9.53 Å². The van der Waals surface area contributed by atoms with Crippen LogP contribution in [0.15, 0.2) is 24.3 Å². The summed E-state index contributed by atoms with van der Waals surface area (Å²) in [4.78, 5) is 25.5. The number of rotatable bonds is 3. The summed E-state index contributed by atoms with van der Waals surface area (Å²) >= 11 is 0. The smallest absolute Gasteiger partial charge is 0.407 e. The summed E-state index contributed by atoms with van der Waals surface area (Å²) in [5.41, 5.74) is 0.238. The van der Waals surface area contributed by atoms with E-state index in [2.05, 4.69) is 5.32 Å². The molecule has 120 valence electrons. The van der Waals surface area contributed by atoms with Gasteiger partial charge in [-0.3, -0.25) is 4.79 Å². The van der Waals surface area contributed by atoms with E-state index < -0.39 is 11.7 Å². The second-order valence-corrected chi connectivity index (χ2v) is 6.25. The van der Waals surface area contributed by atoms with Gasteiger partial charge in [0.05, 0.1) is 13.2 Å². The molecule has 1 aromatic rings. The molecule has 0 saturated carbocycles. The Morgan fingerprint density at radius 3 is 2.45 bits per heavy atom. The Morgan fingerprint density at radius 1 is 1.27 bits per heavy atom. The molecular weight excluding hydrogens is 284 g/mol. The fourth-order valence-corrected chi connectivity index (χ4v) is 2.29. The van der Waals surface area contributed by atoms with Gasteiger partial charge in [-0.25, -0.2) is 4.79 Å². The zero-order chi connectivity index (χ0) is 16.3. The van der Waals surface area contributed by atoms with Gasteiger partial charge in [-0.15, -0.1) is 0 Å². The van der Waals surface area contributed by atoms with E-state index in [1.54, 1.807) is 44.9 Å². The van der Waals surface area contributed by atoms with Gasteiger partial charge in [0.2, 0.25) is 5.91 Å². The largest absolute Gasteiger partial charge is 0.497 e. The number of alkyl carbamates (subject to hydrolysis) is 1. The summed E-state index contributed by atoms with van der Waals surface area (Å²) < 4.78 is 10.3. The van der Waals surface area contributed by atoms with E-state index in [1.807, 2.05) is 12.1 Å². The van der Waals surface area contributed by atoms with Gasteiger partial charge >= 0.3 is 6.09 Å². The number of ether oxygens (including phenoxy) is 2. The number of methoxy groups -OCH3 is 1. The highest BCUT2D eigenvalue weighted by atomic mass is 16.6. The molecule has 1 saturated heterocycles. The quantitative estimate of drug-likeness (QED) is 0.930. The Bertz CT molecular complexity index is 548. The molecule has 22 heavy (non-hydrogen) atoms. The molecule has 2 amide bonds. The van der Waals surface area contributed by atoms with Crippen LogP contribution in [0.5, 0.6) is 5.75 Å². The van der Waals surface area contributed by atoms with Crippen molar-refractivity contribution in [3.05, 3.63) is 24.3 Å². The molecule has 2 rings (SSSR count). The number of hydrogen-bond donors (Lipinski definition) is 1. The maximum absolute atomic E-state index is 12.1. The number of nitrogens with zero attached hydrogens (tertiary/aromatic N) is 1. The van der Waals surface area contributed by atoms with Gasteiger partial charge in [-0.2, -0.15) is 0 Å². The van der Waals surface area contributed by atoms with Gasteiger partial charge in [-0.1, -0.05) is 0 Å². The first kappa shape index (κ1) is 16.1. The fraction of sp³-hybridized carbons (Fsp3) is 0.500. The van der Waals surface area contributed by atoms with Crippen LogP contribution in [0.3, 0.4) is 0 Å². The van der Waals surface area contributed by atoms with E-state index in [0.717, 1.165) is 11.4 Å². The predicted molar refractivity (Wildman–Crippen MR) is 83.1 cm³/mol. The normalized spacial score (nSPS) is 18.3. The third kappa shape index (κ3) is 4.13. The molecular formula is C16H22N2O4. The van der Waals surface area contributed by atoms with Gasteiger partial charge in [0.15, 0.2) is 0 Å². The van der Waals surface area contributed by atoms with Crippen LogP contribution in [-0.4, -0.2) is 37.3 Å². The van der Waals surface area contributed by atoms with Crippen molar-refractivity contribution in [2.24, 2.45) is 0 Å². The first-order valence-electron chi connectivity index (χ1n) is 7.22. The van der Waals surface area contributed by atoms with Crippen molar-refractivity contribution in [3.8, 4) is 5.75 Å². The summed E-state index contributed by atoms with van der Waals surface area (Å²) in [7, 11) is 1.59. The molecule has 1 heterocycles. The van der Waals surface area contributed by atoms with Crippen molar-refractivity contribution >= 4 is 17.7 Å². The van der Waals surface area contributed by atoms with Gasteiger partial charge in [-0.05, 0) is 45.0 Å². The summed E-state index contributed by atoms with van der Waals surface area (Å²) in [5, 5.41) is 2.74. The van der Waals surface area contributed by atoms with E-state index in [-0.39, 0.29) is 18.4 Å². The molecule has 0 radical (unpaired) electrons. The number of carbonyl (C=O) groups is 2. The lowest BCUT2D eigenvalue weighted by Gasteiger charge is -2.22. The lowest BCUT2D eigenvalue weighted by atomic mass is 10.2. The molecule has 1 unspecified atom stereocenters. The summed E-state index contributed by atoms with van der Waals surface area (Å²) in [6.45, 7) is 5.84. The van der Waals surface area contributed by atoms with Crippen molar-refractivity contribution in [1.29, 1.82) is 0 Å². The highest BCUT2D eigenvalue weighted by Crippen LogP contribution is 2.24. The molecule has 1 N–H and O–H groups in total. The SMILES string of the molecule is COc1ccc(N2CC(NC(=O)OC(C)(C)C)CC2=O)cc1. The first-order chi connectivity index (χ1) is 10.3. The van der Waals surface area contributed by atoms with Crippen LogP contribution in [0.4, 0.5) is 10.5 Å². The Kier molecular flexibility index (Phi) is 4.59. The molecule has 0 aliphatic carbocycles. The van der Waals surface area contributed by atoms with Crippen LogP contribution in [0.25, 0.3) is 0 Å². The number of nitrogens with one attached hydrogen (secondary N) is 1. The maximum atomic E-state index is 12.1. The number of hydrogen-bond acceptors (Lipinski definition) is 4. The van der Waals surface area contributed by atoms with Gasteiger partial charge < -0.3 is 19.7 Å². The first-order valence-corrected chi connectivity index (χ1v) is 7.22. The molecule has 0 bridgehead atoms. The Morgan fingerprint density at radius 2 is 1.91 bits per heavy atom. The number of anilines is 1. The number of carbonyl (C=O) groups excluding carboxylic acids is 2. The van der Waals surface area contributed by atoms with Crippen molar-refractivity contribution in [1.82, 2.24) is 5.32 Å².